The summed E-state index contributed by atoms with van der Waals surface area (Å²) in [6.07, 6.45) is 10.3. The molecule has 2 nitrogen and oxygen atoms in total. The third kappa shape index (κ3) is 12.1. The second kappa shape index (κ2) is 12.3. The predicted molar refractivity (Wildman–Crippen MR) is 68.1 cm³/mol. The van der Waals surface area contributed by atoms with Crippen LogP contribution in [0.15, 0.2) is 0 Å². The summed E-state index contributed by atoms with van der Waals surface area (Å²) in [5.41, 5.74) is 0. The van der Waals surface area contributed by atoms with Gasteiger partial charge in [0, 0.05) is 6.16 Å². The summed E-state index contributed by atoms with van der Waals surface area (Å²) < 4.78 is 16.7. The summed E-state index contributed by atoms with van der Waals surface area (Å²) in [5.74, 6) is 0. The van der Waals surface area contributed by atoms with Gasteiger partial charge in [-0.05, 0) is 12.8 Å². The van der Waals surface area contributed by atoms with Gasteiger partial charge in [0.15, 0.2) is 8.03 Å². The summed E-state index contributed by atoms with van der Waals surface area (Å²) in [5, 5.41) is 0. The first-order valence-electron chi connectivity index (χ1n) is 6.46. The highest BCUT2D eigenvalue weighted by atomic mass is 31.1. The Kier molecular flexibility index (Phi) is 12.4. The Morgan fingerprint density at radius 2 is 1.47 bits per heavy atom. The van der Waals surface area contributed by atoms with E-state index in [4.69, 9.17) is 4.52 Å². The zero-order chi connectivity index (χ0) is 11.4. The van der Waals surface area contributed by atoms with Gasteiger partial charge in [-0.3, -0.25) is 4.57 Å². The molecule has 92 valence electrons. The van der Waals surface area contributed by atoms with Crippen LogP contribution in [0.4, 0.5) is 0 Å². The average molecular weight is 234 g/mol. The summed E-state index contributed by atoms with van der Waals surface area (Å²) in [4.78, 5) is 0. The fourth-order valence-corrected chi connectivity index (χ4v) is 2.54. The molecule has 0 aromatic carbocycles. The van der Waals surface area contributed by atoms with Crippen molar-refractivity contribution in [2.45, 2.75) is 65.2 Å². The molecule has 0 aliphatic carbocycles. The number of hydrogen-bond donors (Lipinski definition) is 0. The first-order chi connectivity index (χ1) is 7.31. The Balaban J connectivity index is 3.11. The third-order valence-electron chi connectivity index (χ3n) is 2.50. The molecule has 0 heterocycles. The quantitative estimate of drug-likeness (QED) is 0.384. The largest absolute Gasteiger partial charge is 0.330 e. The van der Waals surface area contributed by atoms with Crippen LogP contribution in [0.3, 0.4) is 0 Å². The topological polar surface area (TPSA) is 26.3 Å². The fraction of sp³-hybridized carbons (Fsp3) is 1.00. The van der Waals surface area contributed by atoms with E-state index in [1.54, 1.807) is 0 Å². The van der Waals surface area contributed by atoms with E-state index in [-0.39, 0.29) is 0 Å². The minimum Gasteiger partial charge on any atom is -0.330 e. The minimum atomic E-state index is -1.71. The molecule has 3 heteroatoms. The normalized spacial score (nSPS) is 12.9. The standard InChI is InChI=1S/C12H27O2P/c1-3-5-7-9-11-14-15(13)12-10-8-6-4-2/h15H,3-12H2,1-2H3. The van der Waals surface area contributed by atoms with Gasteiger partial charge < -0.3 is 4.52 Å². The monoisotopic (exact) mass is 234 g/mol. The first-order valence-corrected chi connectivity index (χ1v) is 7.99. The van der Waals surface area contributed by atoms with Gasteiger partial charge in [0.1, 0.15) is 0 Å². The van der Waals surface area contributed by atoms with Crippen molar-refractivity contribution in [3.05, 3.63) is 0 Å². The van der Waals surface area contributed by atoms with Crippen molar-refractivity contribution in [1.82, 2.24) is 0 Å². The highest BCUT2D eigenvalue weighted by Gasteiger charge is 1.99. The van der Waals surface area contributed by atoms with E-state index in [2.05, 4.69) is 13.8 Å². The van der Waals surface area contributed by atoms with E-state index < -0.39 is 8.03 Å². The van der Waals surface area contributed by atoms with Crippen molar-refractivity contribution in [2.24, 2.45) is 0 Å². The van der Waals surface area contributed by atoms with E-state index in [1.165, 1.54) is 38.5 Å². The molecule has 0 spiro atoms. The molecule has 0 amide bonds. The summed E-state index contributed by atoms with van der Waals surface area (Å²) in [7, 11) is -1.71. The molecule has 0 aliphatic heterocycles. The van der Waals surface area contributed by atoms with Crippen LogP contribution in [-0.2, 0) is 9.09 Å². The van der Waals surface area contributed by atoms with E-state index >= 15 is 0 Å². The lowest BCUT2D eigenvalue weighted by Crippen LogP contribution is -1.89. The predicted octanol–water partition coefficient (Wildman–Crippen LogP) is 4.64. The Morgan fingerprint density at radius 1 is 0.867 bits per heavy atom. The van der Waals surface area contributed by atoms with Crippen molar-refractivity contribution in [3.63, 3.8) is 0 Å². The van der Waals surface area contributed by atoms with E-state index in [0.717, 1.165) is 19.0 Å². The van der Waals surface area contributed by atoms with Gasteiger partial charge in [-0.2, -0.15) is 0 Å². The fourth-order valence-electron chi connectivity index (χ4n) is 1.48. The van der Waals surface area contributed by atoms with Crippen molar-refractivity contribution >= 4 is 8.03 Å². The lowest BCUT2D eigenvalue weighted by atomic mass is 10.2. The molecule has 1 atom stereocenters. The number of hydrogen-bond acceptors (Lipinski definition) is 2. The van der Waals surface area contributed by atoms with Crippen LogP contribution in [-0.4, -0.2) is 12.8 Å². The Morgan fingerprint density at radius 3 is 2.07 bits per heavy atom. The molecule has 15 heavy (non-hydrogen) atoms. The Labute approximate surface area is 95.7 Å². The minimum absolute atomic E-state index is 0.700. The van der Waals surface area contributed by atoms with Crippen LogP contribution >= 0.6 is 8.03 Å². The average Bonchev–Trinajstić information content (AvgIpc) is 2.24. The molecule has 0 saturated carbocycles. The van der Waals surface area contributed by atoms with Gasteiger partial charge >= 0.3 is 0 Å². The Bertz CT molecular complexity index is 149. The molecule has 0 saturated heterocycles. The molecule has 0 radical (unpaired) electrons. The second-order valence-corrected chi connectivity index (χ2v) is 5.62. The highest BCUT2D eigenvalue weighted by Crippen LogP contribution is 2.24. The number of unbranched alkanes of at least 4 members (excludes halogenated alkanes) is 6. The maximum absolute atomic E-state index is 11.4. The van der Waals surface area contributed by atoms with E-state index in [1.807, 2.05) is 0 Å². The maximum Gasteiger partial charge on any atom is 0.191 e. The molecule has 0 aromatic heterocycles. The van der Waals surface area contributed by atoms with E-state index in [9.17, 15) is 4.57 Å². The molecule has 0 aromatic rings. The highest BCUT2D eigenvalue weighted by molar-refractivity contribution is 7.39. The van der Waals surface area contributed by atoms with Crippen molar-refractivity contribution in [1.29, 1.82) is 0 Å². The van der Waals surface area contributed by atoms with Crippen LogP contribution in [0, 0.1) is 0 Å². The maximum atomic E-state index is 11.4. The first kappa shape index (κ1) is 15.2. The molecule has 0 rings (SSSR count). The van der Waals surface area contributed by atoms with Gasteiger partial charge in [-0.15, -0.1) is 0 Å². The lowest BCUT2D eigenvalue weighted by Gasteiger charge is -2.03. The van der Waals surface area contributed by atoms with Crippen LogP contribution in [0.2, 0.25) is 0 Å². The van der Waals surface area contributed by atoms with Crippen molar-refractivity contribution < 1.29 is 9.09 Å². The SMILES string of the molecule is CCCCCCO[PH](=O)CCCCCC. The zero-order valence-corrected chi connectivity index (χ0v) is 11.4. The molecule has 0 fully saturated rings. The van der Waals surface area contributed by atoms with Crippen LogP contribution in [0.5, 0.6) is 0 Å². The molecule has 1 unspecified atom stereocenters. The van der Waals surface area contributed by atoms with Gasteiger partial charge in [-0.1, -0.05) is 52.4 Å². The van der Waals surface area contributed by atoms with E-state index in [0.29, 0.717) is 6.61 Å². The van der Waals surface area contributed by atoms with Crippen molar-refractivity contribution in [3.8, 4) is 0 Å². The summed E-state index contributed by atoms with van der Waals surface area (Å²) in [6, 6.07) is 0. The van der Waals surface area contributed by atoms with Crippen LogP contribution < -0.4 is 0 Å². The van der Waals surface area contributed by atoms with Crippen LogP contribution in [0.25, 0.3) is 0 Å². The molecular weight excluding hydrogens is 207 g/mol. The third-order valence-corrected chi connectivity index (χ3v) is 3.78. The summed E-state index contributed by atoms with van der Waals surface area (Å²) in [6.45, 7) is 5.08. The lowest BCUT2D eigenvalue weighted by molar-refractivity contribution is 0.316. The van der Waals surface area contributed by atoms with Gasteiger partial charge in [0.05, 0.1) is 6.61 Å². The molecule has 0 aliphatic rings. The Hall–Kier alpha value is 0.190. The van der Waals surface area contributed by atoms with Crippen molar-refractivity contribution in [2.75, 3.05) is 12.8 Å². The van der Waals surface area contributed by atoms with Gasteiger partial charge in [0.25, 0.3) is 0 Å². The molecular formula is C12H27O2P. The van der Waals surface area contributed by atoms with Gasteiger partial charge in [-0.25, -0.2) is 0 Å². The smallest absolute Gasteiger partial charge is 0.191 e. The zero-order valence-electron chi connectivity index (χ0n) is 10.4. The van der Waals surface area contributed by atoms with Gasteiger partial charge in [0.2, 0.25) is 0 Å². The second-order valence-electron chi connectivity index (χ2n) is 4.09. The molecule has 0 N–H and O–H groups in total. The number of rotatable bonds is 11. The van der Waals surface area contributed by atoms with Crippen LogP contribution in [0.1, 0.15) is 65.2 Å². The molecule has 0 bridgehead atoms. The summed E-state index contributed by atoms with van der Waals surface area (Å²) >= 11 is 0.